The third-order valence-corrected chi connectivity index (χ3v) is 4.89. The maximum absolute atomic E-state index is 9.67. The summed E-state index contributed by atoms with van der Waals surface area (Å²) in [6.45, 7) is 0. The van der Waals surface area contributed by atoms with Crippen molar-refractivity contribution in [2.24, 2.45) is 0 Å². The average molecular weight is 377 g/mol. The van der Waals surface area contributed by atoms with Gasteiger partial charge in [-0.1, -0.05) is 36.4 Å². The van der Waals surface area contributed by atoms with Crippen LogP contribution in [0.1, 0.15) is 0 Å². The van der Waals surface area contributed by atoms with Gasteiger partial charge in [-0.3, -0.25) is 0 Å². The Morgan fingerprint density at radius 2 is 1.24 bits per heavy atom. The fourth-order valence-electron chi connectivity index (χ4n) is 3.50. The first-order chi connectivity index (χ1) is 14.3. The smallest absolute Gasteiger partial charge is 0.138 e. The molecule has 0 radical (unpaired) electrons. The molecule has 1 heterocycles. The molecule has 0 saturated heterocycles. The van der Waals surface area contributed by atoms with Gasteiger partial charge in [-0.25, -0.2) is 4.98 Å². The Balaban J connectivity index is 1.54. The van der Waals surface area contributed by atoms with Gasteiger partial charge in [-0.15, -0.1) is 0 Å². The number of para-hydroxylation sites is 2. The molecule has 0 fully saturated rings. The molecule has 0 bridgehead atoms. The third-order valence-electron chi connectivity index (χ3n) is 4.89. The van der Waals surface area contributed by atoms with Crippen molar-refractivity contribution in [2.45, 2.75) is 0 Å². The summed E-state index contributed by atoms with van der Waals surface area (Å²) in [6.07, 6.45) is 0. The van der Waals surface area contributed by atoms with Crippen LogP contribution in [0.4, 0.5) is 17.1 Å². The number of anilines is 3. The number of hydrogen-bond acceptors (Lipinski definition) is 3. The van der Waals surface area contributed by atoms with E-state index in [1.807, 2.05) is 42.5 Å². The molecule has 0 saturated carbocycles. The van der Waals surface area contributed by atoms with Gasteiger partial charge in [0.25, 0.3) is 0 Å². The predicted octanol–water partition coefficient (Wildman–Crippen LogP) is 6.41. The van der Waals surface area contributed by atoms with Crippen molar-refractivity contribution >= 4 is 28.1 Å². The monoisotopic (exact) mass is 377 g/mol. The van der Waals surface area contributed by atoms with Gasteiger partial charge >= 0.3 is 0 Å². The van der Waals surface area contributed by atoms with Crippen LogP contribution in [-0.2, 0) is 0 Å². The zero-order valence-corrected chi connectivity index (χ0v) is 15.7. The molecule has 5 aromatic rings. The number of H-pyrrole nitrogens is 1. The van der Waals surface area contributed by atoms with E-state index in [-0.39, 0.29) is 5.75 Å². The van der Waals surface area contributed by atoms with Crippen LogP contribution in [0, 0.1) is 0 Å². The SMILES string of the molecule is Oc1ccc2nc(-c3ccc(N(c4ccccc4)c4ccccc4)cc3)[nH]c2c1. The highest BCUT2D eigenvalue weighted by Crippen LogP contribution is 2.35. The van der Waals surface area contributed by atoms with Crippen LogP contribution >= 0.6 is 0 Å². The predicted molar refractivity (Wildman–Crippen MR) is 118 cm³/mol. The zero-order chi connectivity index (χ0) is 19.6. The minimum Gasteiger partial charge on any atom is -0.508 e. The lowest BCUT2D eigenvalue weighted by molar-refractivity contribution is 0.476. The average Bonchev–Trinajstić information content (AvgIpc) is 3.19. The Labute approximate surface area is 168 Å². The lowest BCUT2D eigenvalue weighted by Crippen LogP contribution is -2.09. The second kappa shape index (κ2) is 7.17. The molecule has 2 N–H and O–H groups in total. The summed E-state index contributed by atoms with van der Waals surface area (Å²) in [5, 5.41) is 9.67. The molecule has 0 aliphatic rings. The standard InChI is InChI=1S/C25H19N3O/c29-22-15-16-23-24(17-22)27-25(26-23)18-11-13-21(14-12-18)28(19-7-3-1-4-8-19)20-9-5-2-6-10-20/h1-17,29H,(H,26,27). The van der Waals surface area contributed by atoms with Crippen molar-refractivity contribution in [1.29, 1.82) is 0 Å². The summed E-state index contributed by atoms with van der Waals surface area (Å²) in [4.78, 5) is 10.1. The number of phenolic OH excluding ortho intramolecular Hbond substituents is 1. The molecule has 5 rings (SSSR count). The zero-order valence-electron chi connectivity index (χ0n) is 15.7. The van der Waals surface area contributed by atoms with Gasteiger partial charge in [-0.2, -0.15) is 0 Å². The van der Waals surface area contributed by atoms with E-state index in [4.69, 9.17) is 0 Å². The number of imidazole rings is 1. The van der Waals surface area contributed by atoms with E-state index in [0.717, 1.165) is 39.5 Å². The van der Waals surface area contributed by atoms with Crippen molar-refractivity contribution in [3.63, 3.8) is 0 Å². The highest BCUT2D eigenvalue weighted by atomic mass is 16.3. The molecule has 0 atom stereocenters. The van der Waals surface area contributed by atoms with Crippen LogP contribution in [0.5, 0.6) is 5.75 Å². The molecule has 0 amide bonds. The van der Waals surface area contributed by atoms with E-state index in [1.54, 1.807) is 12.1 Å². The largest absolute Gasteiger partial charge is 0.508 e. The maximum Gasteiger partial charge on any atom is 0.138 e. The number of aromatic hydroxyl groups is 1. The van der Waals surface area contributed by atoms with E-state index in [2.05, 4.69) is 63.4 Å². The van der Waals surface area contributed by atoms with Crippen LogP contribution < -0.4 is 4.90 Å². The first kappa shape index (κ1) is 17.1. The maximum atomic E-state index is 9.67. The Morgan fingerprint density at radius 1 is 0.655 bits per heavy atom. The van der Waals surface area contributed by atoms with Crippen LogP contribution in [0.2, 0.25) is 0 Å². The van der Waals surface area contributed by atoms with Gasteiger partial charge in [0.2, 0.25) is 0 Å². The van der Waals surface area contributed by atoms with Gasteiger partial charge in [0.15, 0.2) is 0 Å². The molecule has 140 valence electrons. The topological polar surface area (TPSA) is 52.2 Å². The number of nitrogens with zero attached hydrogens (tertiary/aromatic N) is 2. The van der Waals surface area contributed by atoms with E-state index < -0.39 is 0 Å². The summed E-state index contributed by atoms with van der Waals surface area (Å²) in [5.41, 5.74) is 5.91. The molecule has 0 aliphatic carbocycles. The van der Waals surface area contributed by atoms with E-state index in [9.17, 15) is 5.11 Å². The van der Waals surface area contributed by atoms with Crippen LogP contribution in [0.15, 0.2) is 103 Å². The Morgan fingerprint density at radius 3 is 1.86 bits per heavy atom. The first-order valence-electron chi connectivity index (χ1n) is 9.47. The van der Waals surface area contributed by atoms with Gasteiger partial charge in [0, 0.05) is 28.7 Å². The number of aromatic nitrogens is 2. The van der Waals surface area contributed by atoms with Crippen molar-refractivity contribution < 1.29 is 5.11 Å². The minimum absolute atomic E-state index is 0.226. The van der Waals surface area contributed by atoms with Gasteiger partial charge < -0.3 is 15.0 Å². The minimum atomic E-state index is 0.226. The summed E-state index contributed by atoms with van der Waals surface area (Å²) >= 11 is 0. The van der Waals surface area contributed by atoms with Gasteiger partial charge in [0.1, 0.15) is 11.6 Å². The number of hydrogen-bond donors (Lipinski definition) is 2. The highest BCUT2D eigenvalue weighted by Gasteiger charge is 2.12. The molecular formula is C25H19N3O. The van der Waals surface area contributed by atoms with E-state index >= 15 is 0 Å². The Bertz CT molecular complexity index is 1210. The molecule has 4 nitrogen and oxygen atoms in total. The van der Waals surface area contributed by atoms with Crippen LogP contribution in [0.25, 0.3) is 22.4 Å². The van der Waals surface area contributed by atoms with Crippen LogP contribution in [-0.4, -0.2) is 15.1 Å². The Kier molecular flexibility index (Phi) is 4.22. The lowest BCUT2D eigenvalue weighted by atomic mass is 10.1. The quantitative estimate of drug-likeness (QED) is 0.381. The second-order valence-corrected chi connectivity index (χ2v) is 6.84. The number of phenols is 1. The fourth-order valence-corrected chi connectivity index (χ4v) is 3.50. The molecule has 0 unspecified atom stereocenters. The number of nitrogens with one attached hydrogen (secondary N) is 1. The van der Waals surface area contributed by atoms with Crippen molar-refractivity contribution in [3.8, 4) is 17.1 Å². The Hall–Kier alpha value is -4.05. The molecule has 0 aliphatic heterocycles. The molecule has 29 heavy (non-hydrogen) atoms. The summed E-state index contributed by atoms with van der Waals surface area (Å²) in [6, 6.07) is 34.1. The lowest BCUT2D eigenvalue weighted by Gasteiger charge is -2.25. The normalized spacial score (nSPS) is 10.9. The number of aromatic amines is 1. The van der Waals surface area contributed by atoms with Gasteiger partial charge in [-0.05, 0) is 60.7 Å². The van der Waals surface area contributed by atoms with E-state index in [1.165, 1.54) is 0 Å². The van der Waals surface area contributed by atoms with Crippen molar-refractivity contribution in [2.75, 3.05) is 4.90 Å². The first-order valence-corrected chi connectivity index (χ1v) is 9.47. The summed E-state index contributed by atoms with van der Waals surface area (Å²) < 4.78 is 0. The molecule has 4 aromatic carbocycles. The number of fused-ring (bicyclic) bond motifs is 1. The summed E-state index contributed by atoms with van der Waals surface area (Å²) in [7, 11) is 0. The number of benzene rings is 4. The van der Waals surface area contributed by atoms with Crippen LogP contribution in [0.3, 0.4) is 0 Å². The molecule has 0 spiro atoms. The second-order valence-electron chi connectivity index (χ2n) is 6.84. The highest BCUT2D eigenvalue weighted by molar-refractivity contribution is 5.82. The fraction of sp³-hybridized carbons (Fsp3) is 0. The molecule has 1 aromatic heterocycles. The molecule has 4 heteroatoms. The van der Waals surface area contributed by atoms with Gasteiger partial charge in [0.05, 0.1) is 11.0 Å². The van der Waals surface area contributed by atoms with E-state index in [0.29, 0.717) is 0 Å². The van der Waals surface area contributed by atoms with Crippen molar-refractivity contribution in [1.82, 2.24) is 9.97 Å². The van der Waals surface area contributed by atoms with Crippen molar-refractivity contribution in [3.05, 3.63) is 103 Å². The summed E-state index contributed by atoms with van der Waals surface area (Å²) in [5.74, 6) is 1.01. The third kappa shape index (κ3) is 3.32. The molecular weight excluding hydrogens is 358 g/mol. The number of rotatable bonds is 4.